The molecule has 0 aliphatic heterocycles. The van der Waals surface area contributed by atoms with Gasteiger partial charge in [0.05, 0.1) is 24.2 Å². The number of benzene rings is 2. The van der Waals surface area contributed by atoms with Crippen LogP contribution < -0.4 is 19.9 Å². The molecule has 1 amide bonds. The Hall–Kier alpha value is -3.29. The van der Waals surface area contributed by atoms with Gasteiger partial charge >= 0.3 is 11.8 Å². The molecule has 0 atom stereocenters. The number of primary amides is 1. The van der Waals surface area contributed by atoms with E-state index in [0.29, 0.717) is 35.7 Å². The Morgan fingerprint density at radius 3 is 2.31 bits per heavy atom. The van der Waals surface area contributed by atoms with E-state index in [1.165, 1.54) is 6.07 Å². The first kappa shape index (κ1) is 19.0. The number of carbonyl (C=O) groups excluding carboxylic acids is 1. The summed E-state index contributed by atoms with van der Waals surface area (Å²) < 4.78 is 16.0. The molecule has 0 heterocycles. The fourth-order valence-corrected chi connectivity index (χ4v) is 2.50. The Labute approximate surface area is 150 Å². The highest BCUT2D eigenvalue weighted by Crippen LogP contribution is 2.37. The van der Waals surface area contributed by atoms with Crippen molar-refractivity contribution in [3.63, 3.8) is 0 Å². The summed E-state index contributed by atoms with van der Waals surface area (Å²) in [5.74, 6) is 0.847. The molecule has 0 bridgehead atoms. The number of ether oxygens (including phenoxy) is 3. The van der Waals surface area contributed by atoms with Gasteiger partial charge in [-0.2, -0.15) is 0 Å². The van der Waals surface area contributed by atoms with Crippen LogP contribution in [0.5, 0.6) is 17.2 Å². The summed E-state index contributed by atoms with van der Waals surface area (Å²) in [7, 11) is 0. The molecule has 0 saturated carbocycles. The van der Waals surface area contributed by atoms with Crippen molar-refractivity contribution in [2.45, 2.75) is 20.3 Å². The van der Waals surface area contributed by atoms with Crippen LogP contribution in [0.1, 0.15) is 25.0 Å². The zero-order valence-electron chi connectivity index (χ0n) is 14.6. The second-order valence-corrected chi connectivity index (χ2v) is 5.26. The van der Waals surface area contributed by atoms with Gasteiger partial charge in [-0.3, -0.25) is 10.1 Å². The first-order chi connectivity index (χ1) is 12.5. The van der Waals surface area contributed by atoms with Crippen molar-refractivity contribution in [1.29, 1.82) is 0 Å². The lowest BCUT2D eigenvalue weighted by atomic mass is 10.0. The van der Waals surface area contributed by atoms with Crippen LogP contribution in [0.2, 0.25) is 0 Å². The summed E-state index contributed by atoms with van der Waals surface area (Å²) in [6.45, 7) is 4.17. The third-order valence-corrected chi connectivity index (χ3v) is 3.50. The summed E-state index contributed by atoms with van der Waals surface area (Å²) in [5.41, 5.74) is 6.29. The first-order valence-corrected chi connectivity index (χ1v) is 8.08. The maximum Gasteiger partial charge on any atom is 0.409 e. The third-order valence-electron chi connectivity index (χ3n) is 3.50. The van der Waals surface area contributed by atoms with Crippen LogP contribution in [0.3, 0.4) is 0 Å². The summed E-state index contributed by atoms with van der Waals surface area (Å²) in [4.78, 5) is 21.9. The van der Waals surface area contributed by atoms with Crippen molar-refractivity contribution in [2.24, 2.45) is 5.73 Å². The molecule has 8 nitrogen and oxygen atoms in total. The molecular formula is C18H20N2O6. The monoisotopic (exact) mass is 360 g/mol. The third kappa shape index (κ3) is 4.62. The number of nitro benzene ring substituents is 1. The van der Waals surface area contributed by atoms with Crippen molar-refractivity contribution < 1.29 is 23.9 Å². The average molecular weight is 360 g/mol. The second kappa shape index (κ2) is 8.70. The molecule has 0 aliphatic rings. The van der Waals surface area contributed by atoms with E-state index in [1.807, 2.05) is 0 Å². The lowest BCUT2D eigenvalue weighted by molar-refractivity contribution is -0.385. The van der Waals surface area contributed by atoms with E-state index < -0.39 is 11.0 Å². The number of nitrogens with two attached hydrogens (primary N) is 1. The topological polar surface area (TPSA) is 114 Å². The molecular weight excluding hydrogens is 340 g/mol. The quantitative estimate of drug-likeness (QED) is 0.570. The number of rotatable bonds is 8. The van der Waals surface area contributed by atoms with Crippen LogP contribution in [-0.4, -0.2) is 24.2 Å². The van der Waals surface area contributed by atoms with Crippen molar-refractivity contribution in [3.05, 3.63) is 57.6 Å². The molecule has 2 N–H and O–H groups in total. The van der Waals surface area contributed by atoms with Gasteiger partial charge in [0, 0.05) is 12.0 Å². The number of nitro groups is 1. The number of hydrogen-bond acceptors (Lipinski definition) is 6. The molecule has 2 aromatic carbocycles. The molecule has 2 rings (SSSR count). The molecule has 0 saturated heterocycles. The minimum Gasteiger partial charge on any atom is -0.493 e. The van der Waals surface area contributed by atoms with E-state index >= 15 is 0 Å². The number of para-hydroxylation sites is 1. The van der Waals surface area contributed by atoms with Crippen molar-refractivity contribution in [1.82, 2.24) is 0 Å². The van der Waals surface area contributed by atoms with E-state index in [2.05, 4.69) is 0 Å². The Balaban J connectivity index is 2.49. The lowest BCUT2D eigenvalue weighted by Crippen LogP contribution is -2.17. The summed E-state index contributed by atoms with van der Waals surface area (Å²) >= 11 is 0. The first-order valence-electron chi connectivity index (χ1n) is 8.08. The SMILES string of the molecule is CCOc1cc([N+](=O)[O-])c(OCC)cc1Cc1ccccc1OC(N)=O. The highest BCUT2D eigenvalue weighted by molar-refractivity contribution is 5.68. The Kier molecular flexibility index (Phi) is 6.37. The van der Waals surface area contributed by atoms with E-state index in [0.717, 1.165) is 0 Å². The van der Waals surface area contributed by atoms with Gasteiger partial charge in [-0.05, 0) is 31.5 Å². The molecule has 0 spiro atoms. The minimum atomic E-state index is -0.916. The maximum atomic E-state index is 11.3. The van der Waals surface area contributed by atoms with Gasteiger partial charge in [0.1, 0.15) is 11.5 Å². The molecule has 2 aromatic rings. The predicted octanol–water partition coefficient (Wildman–Crippen LogP) is 3.44. The predicted molar refractivity (Wildman–Crippen MR) is 94.9 cm³/mol. The smallest absolute Gasteiger partial charge is 0.409 e. The van der Waals surface area contributed by atoms with Gasteiger partial charge in [-0.25, -0.2) is 4.79 Å². The van der Waals surface area contributed by atoms with E-state index in [1.54, 1.807) is 44.2 Å². The standard InChI is InChI=1S/C18H20N2O6/c1-3-24-16-11-14(20(22)23)17(25-4-2)10-13(16)9-12-7-5-6-8-15(12)26-18(19)21/h5-8,10-11H,3-4,9H2,1-2H3,(H2,19,21). The van der Waals surface area contributed by atoms with Gasteiger partial charge in [0.15, 0.2) is 5.75 Å². The number of carbonyl (C=O) groups is 1. The number of amides is 1. The molecule has 138 valence electrons. The summed E-state index contributed by atoms with van der Waals surface area (Å²) in [6, 6.07) is 9.82. The highest BCUT2D eigenvalue weighted by Gasteiger charge is 2.21. The second-order valence-electron chi connectivity index (χ2n) is 5.26. The largest absolute Gasteiger partial charge is 0.493 e. The Morgan fingerprint density at radius 1 is 1.04 bits per heavy atom. The normalized spacial score (nSPS) is 10.2. The fourth-order valence-electron chi connectivity index (χ4n) is 2.50. The van der Waals surface area contributed by atoms with E-state index in [9.17, 15) is 14.9 Å². The average Bonchev–Trinajstić information content (AvgIpc) is 2.58. The van der Waals surface area contributed by atoms with Crippen LogP contribution in [0.25, 0.3) is 0 Å². The van der Waals surface area contributed by atoms with Crippen LogP contribution >= 0.6 is 0 Å². The molecule has 26 heavy (non-hydrogen) atoms. The van der Waals surface area contributed by atoms with Gasteiger partial charge in [0.2, 0.25) is 0 Å². The summed E-state index contributed by atoms with van der Waals surface area (Å²) in [6.07, 6.45) is -0.599. The van der Waals surface area contributed by atoms with Gasteiger partial charge in [-0.1, -0.05) is 18.2 Å². The van der Waals surface area contributed by atoms with Crippen molar-refractivity contribution >= 4 is 11.8 Å². The van der Waals surface area contributed by atoms with Crippen LogP contribution in [0.4, 0.5) is 10.5 Å². The Bertz CT molecular complexity index is 806. The molecule has 0 aliphatic carbocycles. The van der Waals surface area contributed by atoms with Gasteiger partial charge in [0.25, 0.3) is 0 Å². The zero-order chi connectivity index (χ0) is 19.1. The van der Waals surface area contributed by atoms with Gasteiger partial charge in [-0.15, -0.1) is 0 Å². The number of nitrogens with zero attached hydrogens (tertiary/aromatic N) is 1. The molecule has 0 fully saturated rings. The van der Waals surface area contributed by atoms with E-state index in [4.69, 9.17) is 19.9 Å². The molecule has 0 radical (unpaired) electrons. The zero-order valence-corrected chi connectivity index (χ0v) is 14.6. The lowest BCUT2D eigenvalue weighted by Gasteiger charge is -2.14. The van der Waals surface area contributed by atoms with Crippen LogP contribution in [-0.2, 0) is 6.42 Å². The fraction of sp³-hybridized carbons (Fsp3) is 0.278. The van der Waals surface area contributed by atoms with Gasteiger partial charge < -0.3 is 19.9 Å². The van der Waals surface area contributed by atoms with E-state index in [-0.39, 0.29) is 18.0 Å². The van der Waals surface area contributed by atoms with Crippen LogP contribution in [0, 0.1) is 10.1 Å². The minimum absolute atomic E-state index is 0.157. The van der Waals surface area contributed by atoms with Crippen LogP contribution in [0.15, 0.2) is 36.4 Å². The maximum absolute atomic E-state index is 11.3. The molecule has 0 aromatic heterocycles. The highest BCUT2D eigenvalue weighted by atomic mass is 16.6. The molecule has 8 heteroatoms. The molecule has 0 unspecified atom stereocenters. The van der Waals surface area contributed by atoms with Crippen molar-refractivity contribution in [3.8, 4) is 17.2 Å². The van der Waals surface area contributed by atoms with Crippen molar-refractivity contribution in [2.75, 3.05) is 13.2 Å². The number of hydrogen-bond donors (Lipinski definition) is 1. The Morgan fingerprint density at radius 2 is 1.69 bits per heavy atom. The summed E-state index contributed by atoms with van der Waals surface area (Å²) in [5, 5.41) is 11.3.